The SMILES string of the molecule is CCCc1ccc(OCc2cccc(C(=O)O)c2F)cc1. The number of carboxylic acids is 1. The smallest absolute Gasteiger partial charge is 0.338 e. The first-order valence-corrected chi connectivity index (χ1v) is 6.84. The van der Waals surface area contributed by atoms with Crippen molar-refractivity contribution < 1.29 is 19.0 Å². The Morgan fingerprint density at radius 1 is 1.19 bits per heavy atom. The number of carbonyl (C=O) groups is 1. The Labute approximate surface area is 123 Å². The summed E-state index contributed by atoms with van der Waals surface area (Å²) in [5, 5.41) is 8.88. The van der Waals surface area contributed by atoms with Crippen LogP contribution >= 0.6 is 0 Å². The summed E-state index contributed by atoms with van der Waals surface area (Å²) in [6.07, 6.45) is 2.09. The number of benzene rings is 2. The second-order valence-electron chi connectivity index (χ2n) is 4.77. The fourth-order valence-corrected chi connectivity index (χ4v) is 2.06. The summed E-state index contributed by atoms with van der Waals surface area (Å²) in [7, 11) is 0. The molecule has 0 saturated heterocycles. The minimum Gasteiger partial charge on any atom is -0.489 e. The standard InChI is InChI=1S/C17H17FO3/c1-2-4-12-7-9-14(10-8-12)21-11-13-5-3-6-15(16(13)18)17(19)20/h3,5-10H,2,4,11H2,1H3,(H,19,20). The predicted molar refractivity (Wildman–Crippen MR) is 78.1 cm³/mol. The van der Waals surface area contributed by atoms with Gasteiger partial charge in [-0.1, -0.05) is 37.6 Å². The molecular weight excluding hydrogens is 271 g/mol. The Morgan fingerprint density at radius 3 is 2.52 bits per heavy atom. The lowest BCUT2D eigenvalue weighted by atomic mass is 10.1. The molecule has 0 unspecified atom stereocenters. The van der Waals surface area contributed by atoms with Crippen LogP contribution in [-0.4, -0.2) is 11.1 Å². The Kier molecular flexibility index (Phi) is 4.93. The highest BCUT2D eigenvalue weighted by atomic mass is 19.1. The zero-order chi connectivity index (χ0) is 15.2. The second-order valence-corrected chi connectivity index (χ2v) is 4.77. The van der Waals surface area contributed by atoms with Crippen LogP contribution in [0.4, 0.5) is 4.39 Å². The summed E-state index contributed by atoms with van der Waals surface area (Å²) in [6, 6.07) is 11.9. The minimum absolute atomic E-state index is 0.0000772. The Hall–Kier alpha value is -2.36. The number of halogens is 1. The third-order valence-corrected chi connectivity index (χ3v) is 3.17. The van der Waals surface area contributed by atoms with Crippen molar-refractivity contribution in [1.29, 1.82) is 0 Å². The highest BCUT2D eigenvalue weighted by molar-refractivity contribution is 5.88. The average Bonchev–Trinajstić information content (AvgIpc) is 2.48. The minimum atomic E-state index is -1.28. The quantitative estimate of drug-likeness (QED) is 0.872. The van der Waals surface area contributed by atoms with Gasteiger partial charge < -0.3 is 9.84 Å². The summed E-state index contributed by atoms with van der Waals surface area (Å²) < 4.78 is 19.4. The number of hydrogen-bond acceptors (Lipinski definition) is 2. The highest BCUT2D eigenvalue weighted by Gasteiger charge is 2.13. The van der Waals surface area contributed by atoms with E-state index in [-0.39, 0.29) is 17.7 Å². The van der Waals surface area contributed by atoms with Crippen molar-refractivity contribution in [2.45, 2.75) is 26.4 Å². The van der Waals surface area contributed by atoms with Gasteiger partial charge in [0.2, 0.25) is 0 Å². The molecule has 0 bridgehead atoms. The maximum absolute atomic E-state index is 13.9. The van der Waals surface area contributed by atoms with Gasteiger partial charge in [-0.15, -0.1) is 0 Å². The van der Waals surface area contributed by atoms with E-state index >= 15 is 0 Å². The molecule has 110 valence electrons. The molecule has 0 spiro atoms. The van der Waals surface area contributed by atoms with Crippen molar-refractivity contribution in [2.75, 3.05) is 0 Å². The summed E-state index contributed by atoms with van der Waals surface area (Å²) in [5.41, 5.74) is 1.12. The van der Waals surface area contributed by atoms with Crippen LogP contribution in [0.3, 0.4) is 0 Å². The second kappa shape index (κ2) is 6.88. The number of hydrogen-bond donors (Lipinski definition) is 1. The van der Waals surface area contributed by atoms with Gasteiger partial charge in [0.05, 0.1) is 5.56 Å². The van der Waals surface area contributed by atoms with Crippen LogP contribution in [0.1, 0.15) is 34.8 Å². The Morgan fingerprint density at radius 2 is 1.90 bits per heavy atom. The van der Waals surface area contributed by atoms with Crippen molar-refractivity contribution in [3.63, 3.8) is 0 Å². The van der Waals surface area contributed by atoms with E-state index in [1.54, 1.807) is 0 Å². The van der Waals surface area contributed by atoms with Gasteiger partial charge >= 0.3 is 5.97 Å². The van der Waals surface area contributed by atoms with E-state index in [1.165, 1.54) is 23.8 Å². The zero-order valence-electron chi connectivity index (χ0n) is 11.8. The normalized spacial score (nSPS) is 10.4. The van der Waals surface area contributed by atoms with Crippen LogP contribution in [0.5, 0.6) is 5.75 Å². The third kappa shape index (κ3) is 3.81. The van der Waals surface area contributed by atoms with Crippen molar-refractivity contribution >= 4 is 5.97 Å². The van der Waals surface area contributed by atoms with Gasteiger partial charge in [-0.05, 0) is 30.2 Å². The maximum Gasteiger partial charge on any atom is 0.338 e. The lowest BCUT2D eigenvalue weighted by Gasteiger charge is -2.09. The summed E-state index contributed by atoms with van der Waals surface area (Å²) in [6.45, 7) is 2.11. The molecule has 0 fully saturated rings. The van der Waals surface area contributed by atoms with Crippen molar-refractivity contribution in [2.24, 2.45) is 0 Å². The first-order chi connectivity index (χ1) is 10.1. The highest BCUT2D eigenvalue weighted by Crippen LogP contribution is 2.18. The van der Waals surface area contributed by atoms with E-state index in [9.17, 15) is 9.18 Å². The van der Waals surface area contributed by atoms with Gasteiger partial charge in [0.1, 0.15) is 18.2 Å². The number of aromatic carboxylic acids is 1. The van der Waals surface area contributed by atoms with Gasteiger partial charge in [-0.3, -0.25) is 0 Å². The Balaban J connectivity index is 2.06. The molecule has 0 amide bonds. The molecule has 0 atom stereocenters. The van der Waals surface area contributed by atoms with Crippen molar-refractivity contribution in [3.05, 3.63) is 65.0 Å². The first-order valence-electron chi connectivity index (χ1n) is 6.84. The number of rotatable bonds is 6. The van der Waals surface area contributed by atoms with Gasteiger partial charge in [-0.25, -0.2) is 9.18 Å². The van der Waals surface area contributed by atoms with Crippen molar-refractivity contribution in [3.8, 4) is 5.75 Å². The lowest BCUT2D eigenvalue weighted by molar-refractivity contribution is 0.0691. The average molecular weight is 288 g/mol. The largest absolute Gasteiger partial charge is 0.489 e. The molecule has 1 N–H and O–H groups in total. The molecule has 0 saturated carbocycles. The molecule has 2 rings (SSSR count). The molecule has 2 aromatic rings. The molecule has 0 aliphatic heterocycles. The molecular formula is C17H17FO3. The number of ether oxygens (including phenoxy) is 1. The third-order valence-electron chi connectivity index (χ3n) is 3.17. The topological polar surface area (TPSA) is 46.5 Å². The van der Waals surface area contributed by atoms with Gasteiger partial charge in [0.15, 0.2) is 0 Å². The number of carboxylic acid groups (broad SMARTS) is 1. The van der Waals surface area contributed by atoms with E-state index in [0.29, 0.717) is 5.75 Å². The van der Waals surface area contributed by atoms with E-state index in [1.807, 2.05) is 24.3 Å². The molecule has 0 aromatic heterocycles. The molecule has 4 heteroatoms. The monoisotopic (exact) mass is 288 g/mol. The van der Waals surface area contributed by atoms with Crippen LogP contribution in [0.15, 0.2) is 42.5 Å². The first kappa shape index (κ1) is 15.0. The van der Waals surface area contributed by atoms with Crippen LogP contribution in [-0.2, 0) is 13.0 Å². The summed E-state index contributed by atoms with van der Waals surface area (Å²) in [5.74, 6) is -1.39. The fourth-order valence-electron chi connectivity index (χ4n) is 2.06. The molecule has 21 heavy (non-hydrogen) atoms. The molecule has 0 radical (unpaired) electrons. The van der Waals surface area contributed by atoms with Gasteiger partial charge in [0.25, 0.3) is 0 Å². The summed E-state index contributed by atoms with van der Waals surface area (Å²) in [4.78, 5) is 10.9. The van der Waals surface area contributed by atoms with Crippen LogP contribution < -0.4 is 4.74 Å². The van der Waals surface area contributed by atoms with E-state index < -0.39 is 11.8 Å². The molecule has 0 aliphatic rings. The van der Waals surface area contributed by atoms with Crippen LogP contribution in [0, 0.1) is 5.82 Å². The number of aryl methyl sites for hydroxylation is 1. The van der Waals surface area contributed by atoms with E-state index in [4.69, 9.17) is 9.84 Å². The maximum atomic E-state index is 13.9. The van der Waals surface area contributed by atoms with E-state index in [0.717, 1.165) is 12.8 Å². The van der Waals surface area contributed by atoms with E-state index in [2.05, 4.69) is 6.92 Å². The fraction of sp³-hybridized carbons (Fsp3) is 0.235. The van der Waals surface area contributed by atoms with Crippen molar-refractivity contribution in [1.82, 2.24) is 0 Å². The van der Waals surface area contributed by atoms with Gasteiger partial charge in [0, 0.05) is 5.56 Å². The van der Waals surface area contributed by atoms with Crippen LogP contribution in [0.25, 0.3) is 0 Å². The van der Waals surface area contributed by atoms with Crippen LogP contribution in [0.2, 0.25) is 0 Å². The molecule has 0 aliphatic carbocycles. The molecule has 2 aromatic carbocycles. The summed E-state index contributed by atoms with van der Waals surface area (Å²) >= 11 is 0. The molecule has 3 nitrogen and oxygen atoms in total. The Bertz CT molecular complexity index is 620. The predicted octanol–water partition coefficient (Wildman–Crippen LogP) is 4.06. The van der Waals surface area contributed by atoms with Gasteiger partial charge in [-0.2, -0.15) is 0 Å². The lowest BCUT2D eigenvalue weighted by Crippen LogP contribution is -2.06. The zero-order valence-corrected chi connectivity index (χ0v) is 11.8. The molecule has 0 heterocycles.